The van der Waals surface area contributed by atoms with E-state index < -0.39 is 0 Å². The number of aryl methyl sites for hydroxylation is 1. The van der Waals surface area contributed by atoms with Crippen LogP contribution in [0.25, 0.3) is 10.8 Å². The van der Waals surface area contributed by atoms with Crippen LogP contribution in [0.3, 0.4) is 0 Å². The molecule has 0 fully saturated rings. The number of benzene rings is 3. The molecule has 3 aromatic carbocycles. The number of rotatable bonds is 3. The fourth-order valence-electron chi connectivity index (χ4n) is 2.74. The highest BCUT2D eigenvalue weighted by atomic mass is 79.9. The van der Waals surface area contributed by atoms with E-state index in [9.17, 15) is 0 Å². The summed E-state index contributed by atoms with van der Waals surface area (Å²) in [6.07, 6.45) is 0.932. The Morgan fingerprint density at radius 1 is 1.04 bits per heavy atom. The molecule has 3 aromatic rings. The lowest BCUT2D eigenvalue weighted by Gasteiger charge is -2.26. The predicted molar refractivity (Wildman–Crippen MR) is 102 cm³/mol. The lowest BCUT2D eigenvalue weighted by Crippen LogP contribution is -2.32. The van der Waals surface area contributed by atoms with E-state index in [1.165, 1.54) is 5.56 Å². The third-order valence-corrected chi connectivity index (χ3v) is 4.58. The molecule has 0 unspecified atom stereocenters. The van der Waals surface area contributed by atoms with E-state index in [0.717, 1.165) is 33.0 Å². The molecular weight excluding hydrogens is 350 g/mol. The maximum Gasteiger partial charge on any atom is 0.197 e. The van der Waals surface area contributed by atoms with Crippen LogP contribution in [0.15, 0.2) is 65.1 Å². The molecule has 0 aliphatic heterocycles. The number of hydrogen-bond acceptors (Lipinski definition) is 1. The van der Waals surface area contributed by atoms with Crippen LogP contribution in [-0.2, 0) is 6.42 Å². The normalized spacial score (nSPS) is 10.7. The van der Waals surface area contributed by atoms with E-state index in [1.807, 2.05) is 30.3 Å². The van der Waals surface area contributed by atoms with Crippen LogP contribution in [-0.4, -0.2) is 5.96 Å². The van der Waals surface area contributed by atoms with Crippen molar-refractivity contribution < 1.29 is 0 Å². The minimum atomic E-state index is -0.00435. The van der Waals surface area contributed by atoms with Gasteiger partial charge in [-0.05, 0) is 51.5 Å². The molecule has 0 aliphatic carbocycles. The molecule has 0 spiro atoms. The topological polar surface area (TPSA) is 53.1 Å². The van der Waals surface area contributed by atoms with E-state index in [0.29, 0.717) is 0 Å². The molecule has 0 aliphatic rings. The molecule has 23 heavy (non-hydrogen) atoms. The minimum Gasteiger partial charge on any atom is -0.369 e. The Labute approximate surface area is 144 Å². The smallest absolute Gasteiger partial charge is 0.197 e. The van der Waals surface area contributed by atoms with Crippen LogP contribution in [0.4, 0.5) is 11.4 Å². The Kier molecular flexibility index (Phi) is 4.35. The predicted octanol–water partition coefficient (Wildman–Crippen LogP) is 5.20. The van der Waals surface area contributed by atoms with Gasteiger partial charge in [-0.2, -0.15) is 0 Å². The van der Waals surface area contributed by atoms with Crippen LogP contribution in [0, 0.1) is 5.41 Å². The minimum absolute atomic E-state index is 0.00435. The van der Waals surface area contributed by atoms with Gasteiger partial charge in [0.15, 0.2) is 5.96 Å². The van der Waals surface area contributed by atoms with Crippen LogP contribution in [0.5, 0.6) is 0 Å². The number of nitrogens with zero attached hydrogens (tertiary/aromatic N) is 1. The van der Waals surface area contributed by atoms with Gasteiger partial charge in [0.05, 0.1) is 11.4 Å². The van der Waals surface area contributed by atoms with E-state index >= 15 is 0 Å². The summed E-state index contributed by atoms with van der Waals surface area (Å²) in [4.78, 5) is 1.78. The van der Waals surface area contributed by atoms with Gasteiger partial charge in [-0.3, -0.25) is 10.3 Å². The summed E-state index contributed by atoms with van der Waals surface area (Å²) >= 11 is 3.60. The van der Waals surface area contributed by atoms with Crippen LogP contribution >= 0.6 is 15.9 Å². The third kappa shape index (κ3) is 2.94. The quantitative estimate of drug-likeness (QED) is 0.493. The van der Waals surface area contributed by atoms with Gasteiger partial charge in [-0.25, -0.2) is 0 Å². The molecule has 0 atom stereocenters. The summed E-state index contributed by atoms with van der Waals surface area (Å²) in [5, 5.41) is 10.3. The first-order valence-electron chi connectivity index (χ1n) is 7.52. The number of guanidine groups is 1. The van der Waals surface area contributed by atoms with E-state index in [1.54, 1.807) is 4.90 Å². The van der Waals surface area contributed by atoms with Crippen molar-refractivity contribution in [1.29, 1.82) is 5.41 Å². The highest BCUT2D eigenvalue weighted by Gasteiger charge is 2.18. The average Bonchev–Trinajstić information content (AvgIpc) is 2.57. The van der Waals surface area contributed by atoms with Crippen molar-refractivity contribution in [2.75, 3.05) is 4.90 Å². The summed E-state index contributed by atoms with van der Waals surface area (Å²) in [5.74, 6) is -0.00435. The third-order valence-electron chi connectivity index (χ3n) is 3.91. The first-order chi connectivity index (χ1) is 11.1. The Bertz CT molecular complexity index is 868. The molecule has 0 aromatic heterocycles. The molecule has 0 bridgehead atoms. The molecule has 0 saturated carbocycles. The summed E-state index contributed by atoms with van der Waals surface area (Å²) in [7, 11) is 0. The largest absolute Gasteiger partial charge is 0.369 e. The fourth-order valence-corrected chi connectivity index (χ4v) is 3.17. The van der Waals surface area contributed by atoms with Gasteiger partial charge in [0.2, 0.25) is 0 Å². The van der Waals surface area contributed by atoms with Crippen molar-refractivity contribution in [1.82, 2.24) is 0 Å². The van der Waals surface area contributed by atoms with Crippen molar-refractivity contribution in [2.24, 2.45) is 5.73 Å². The molecule has 0 heterocycles. The number of fused-ring (bicyclic) bond motifs is 1. The number of nitrogens with two attached hydrogens (primary N) is 1. The van der Waals surface area contributed by atoms with Crippen molar-refractivity contribution in [3.8, 4) is 0 Å². The standard InChI is InChI=1S/C19H18BrN3/c1-2-13-10-11-16(20)18(12-13)23(19(21)22)17-9-5-7-14-6-3-4-8-15(14)17/h3-12H,2H2,1H3,(H3,21,22). The van der Waals surface area contributed by atoms with Gasteiger partial charge in [0.25, 0.3) is 0 Å². The average molecular weight is 368 g/mol. The Hall–Kier alpha value is -2.33. The van der Waals surface area contributed by atoms with E-state index in [2.05, 4.69) is 53.2 Å². The molecule has 0 amide bonds. The number of halogens is 1. The lowest BCUT2D eigenvalue weighted by atomic mass is 10.1. The zero-order valence-electron chi connectivity index (χ0n) is 12.9. The molecule has 4 heteroatoms. The highest BCUT2D eigenvalue weighted by Crippen LogP contribution is 2.36. The van der Waals surface area contributed by atoms with E-state index in [-0.39, 0.29) is 5.96 Å². The molecule has 116 valence electrons. The lowest BCUT2D eigenvalue weighted by molar-refractivity contribution is 1.13. The fraction of sp³-hybridized carbons (Fsp3) is 0.105. The first-order valence-corrected chi connectivity index (χ1v) is 8.31. The Morgan fingerprint density at radius 2 is 1.78 bits per heavy atom. The van der Waals surface area contributed by atoms with Gasteiger partial charge in [-0.15, -0.1) is 0 Å². The molecule has 0 saturated heterocycles. The number of hydrogen-bond donors (Lipinski definition) is 2. The van der Waals surface area contributed by atoms with Gasteiger partial charge in [0, 0.05) is 9.86 Å². The number of anilines is 2. The summed E-state index contributed by atoms with van der Waals surface area (Å²) < 4.78 is 0.915. The van der Waals surface area contributed by atoms with Crippen molar-refractivity contribution in [3.63, 3.8) is 0 Å². The maximum atomic E-state index is 8.11. The summed E-state index contributed by atoms with van der Waals surface area (Å²) in [5.41, 5.74) is 8.93. The molecule has 3 N–H and O–H groups in total. The Morgan fingerprint density at radius 3 is 2.52 bits per heavy atom. The van der Waals surface area contributed by atoms with Crippen molar-refractivity contribution >= 4 is 44.0 Å². The zero-order valence-corrected chi connectivity index (χ0v) is 14.5. The second-order valence-electron chi connectivity index (χ2n) is 5.36. The zero-order chi connectivity index (χ0) is 16.4. The van der Waals surface area contributed by atoms with Gasteiger partial charge < -0.3 is 5.73 Å². The van der Waals surface area contributed by atoms with Gasteiger partial charge in [0.1, 0.15) is 0 Å². The highest BCUT2D eigenvalue weighted by molar-refractivity contribution is 9.10. The Balaban J connectivity index is 2.25. The van der Waals surface area contributed by atoms with Crippen LogP contribution in [0.2, 0.25) is 0 Å². The second-order valence-corrected chi connectivity index (χ2v) is 6.21. The van der Waals surface area contributed by atoms with Gasteiger partial charge in [-0.1, -0.05) is 49.4 Å². The molecular formula is C19H18BrN3. The van der Waals surface area contributed by atoms with Crippen LogP contribution in [0.1, 0.15) is 12.5 Å². The number of nitrogens with one attached hydrogen (secondary N) is 1. The van der Waals surface area contributed by atoms with Crippen molar-refractivity contribution in [3.05, 3.63) is 70.7 Å². The maximum absolute atomic E-state index is 8.11. The summed E-state index contributed by atoms with van der Waals surface area (Å²) in [6.45, 7) is 2.11. The second kappa shape index (κ2) is 6.42. The monoisotopic (exact) mass is 367 g/mol. The van der Waals surface area contributed by atoms with Crippen molar-refractivity contribution in [2.45, 2.75) is 13.3 Å². The first kappa shape index (κ1) is 15.6. The molecule has 3 nitrogen and oxygen atoms in total. The molecule has 3 rings (SSSR count). The summed E-state index contributed by atoms with van der Waals surface area (Å²) in [6, 6.07) is 20.3. The van der Waals surface area contributed by atoms with Crippen LogP contribution < -0.4 is 10.6 Å². The molecule has 0 radical (unpaired) electrons. The van der Waals surface area contributed by atoms with Gasteiger partial charge >= 0.3 is 0 Å². The van der Waals surface area contributed by atoms with E-state index in [4.69, 9.17) is 11.1 Å². The SMILES string of the molecule is CCc1ccc(Br)c(N(C(=N)N)c2cccc3ccccc23)c1.